The summed E-state index contributed by atoms with van der Waals surface area (Å²) in [6.45, 7) is 1.80. The quantitative estimate of drug-likeness (QED) is 0.694. The van der Waals surface area contributed by atoms with Gasteiger partial charge in [0.05, 0.1) is 5.69 Å². The lowest BCUT2D eigenvalue weighted by Gasteiger charge is -2.29. The second-order valence-electron chi connectivity index (χ2n) is 3.88. The van der Waals surface area contributed by atoms with Crippen molar-refractivity contribution in [1.29, 1.82) is 0 Å². The topological polar surface area (TPSA) is 75.4 Å². The first-order valence-electron chi connectivity index (χ1n) is 5.07. The third kappa shape index (κ3) is 1.84. The van der Waals surface area contributed by atoms with E-state index in [9.17, 15) is 9.59 Å². The molecule has 1 aliphatic rings. The van der Waals surface area contributed by atoms with Crippen LogP contribution < -0.4 is 16.0 Å². The Hall–Kier alpha value is -2.04. The third-order valence-corrected chi connectivity index (χ3v) is 2.45. The average molecular weight is 219 g/mol. The van der Waals surface area contributed by atoms with Gasteiger partial charge in [0.1, 0.15) is 0 Å². The molecule has 1 unspecified atom stereocenters. The Balaban J connectivity index is 2.29. The van der Waals surface area contributed by atoms with Crippen LogP contribution in [0.3, 0.4) is 0 Å². The van der Waals surface area contributed by atoms with Crippen LogP contribution in [0, 0.1) is 0 Å². The maximum absolute atomic E-state index is 11.7. The number of urea groups is 1. The van der Waals surface area contributed by atoms with Crippen LogP contribution in [-0.2, 0) is 4.79 Å². The summed E-state index contributed by atoms with van der Waals surface area (Å²) in [5.41, 5.74) is 6.69. The Bertz CT molecular complexity index is 409. The third-order valence-electron chi connectivity index (χ3n) is 2.45. The van der Waals surface area contributed by atoms with Crippen LogP contribution in [-0.4, -0.2) is 18.0 Å². The molecule has 1 fully saturated rings. The SMILES string of the molecule is CC1CC(=O)N(c2ccc(N)cc2)C(=O)N1. The van der Waals surface area contributed by atoms with Gasteiger partial charge in [0.25, 0.3) is 0 Å². The van der Waals surface area contributed by atoms with Crippen LogP contribution in [0.25, 0.3) is 0 Å². The highest BCUT2D eigenvalue weighted by Gasteiger charge is 2.30. The number of imide groups is 1. The first-order chi connectivity index (χ1) is 7.58. The average Bonchev–Trinajstić information content (AvgIpc) is 2.19. The van der Waals surface area contributed by atoms with Crippen molar-refractivity contribution in [3.8, 4) is 0 Å². The molecule has 2 rings (SSSR count). The lowest BCUT2D eigenvalue weighted by atomic mass is 10.1. The van der Waals surface area contributed by atoms with Gasteiger partial charge in [-0.05, 0) is 31.2 Å². The predicted molar refractivity (Wildman–Crippen MR) is 61.0 cm³/mol. The standard InChI is InChI=1S/C11H13N3O2/c1-7-6-10(15)14(11(16)13-7)9-4-2-8(12)3-5-9/h2-5,7H,6,12H2,1H3,(H,13,16). The van der Waals surface area contributed by atoms with Crippen LogP contribution in [0.5, 0.6) is 0 Å². The van der Waals surface area contributed by atoms with E-state index in [0.29, 0.717) is 17.8 Å². The second kappa shape index (κ2) is 3.84. The van der Waals surface area contributed by atoms with Crippen molar-refractivity contribution < 1.29 is 9.59 Å². The lowest BCUT2D eigenvalue weighted by molar-refractivity contribution is -0.118. The molecule has 16 heavy (non-hydrogen) atoms. The molecule has 0 radical (unpaired) electrons. The molecule has 84 valence electrons. The predicted octanol–water partition coefficient (Wildman–Crippen LogP) is 1.10. The molecular formula is C11H13N3O2. The van der Waals surface area contributed by atoms with Crippen LogP contribution in [0.2, 0.25) is 0 Å². The van der Waals surface area contributed by atoms with E-state index in [1.807, 2.05) is 0 Å². The fraction of sp³-hybridized carbons (Fsp3) is 0.273. The molecule has 0 aliphatic carbocycles. The Labute approximate surface area is 93.2 Å². The number of rotatable bonds is 1. The Morgan fingerprint density at radius 1 is 1.31 bits per heavy atom. The first kappa shape index (κ1) is 10.5. The van der Waals surface area contributed by atoms with Crippen LogP contribution >= 0.6 is 0 Å². The number of nitrogens with one attached hydrogen (secondary N) is 1. The minimum atomic E-state index is -0.381. The van der Waals surface area contributed by atoms with Crippen molar-refractivity contribution in [2.75, 3.05) is 10.6 Å². The second-order valence-corrected chi connectivity index (χ2v) is 3.88. The summed E-state index contributed by atoms with van der Waals surface area (Å²) in [5, 5.41) is 2.71. The van der Waals surface area contributed by atoms with Crippen molar-refractivity contribution in [2.24, 2.45) is 0 Å². The highest BCUT2D eigenvalue weighted by molar-refractivity contribution is 6.16. The summed E-state index contributed by atoms with van der Waals surface area (Å²) in [6.07, 6.45) is 0.316. The molecule has 3 amide bonds. The maximum Gasteiger partial charge on any atom is 0.328 e. The molecule has 3 N–H and O–H groups in total. The van der Waals surface area contributed by atoms with Crippen LogP contribution in [0.15, 0.2) is 24.3 Å². The lowest BCUT2D eigenvalue weighted by Crippen LogP contribution is -2.54. The van der Waals surface area contributed by atoms with Gasteiger partial charge < -0.3 is 11.1 Å². The number of hydrogen-bond acceptors (Lipinski definition) is 3. The number of anilines is 2. The van der Waals surface area contributed by atoms with Gasteiger partial charge in [-0.25, -0.2) is 9.69 Å². The number of nitrogens with zero attached hydrogens (tertiary/aromatic N) is 1. The molecule has 0 saturated carbocycles. The van der Waals surface area contributed by atoms with Crippen molar-refractivity contribution in [3.63, 3.8) is 0 Å². The van der Waals surface area contributed by atoms with Gasteiger partial charge in [-0.15, -0.1) is 0 Å². The summed E-state index contributed by atoms with van der Waals surface area (Å²) in [7, 11) is 0. The molecule has 5 heteroatoms. The van der Waals surface area contributed by atoms with Gasteiger partial charge in [-0.3, -0.25) is 4.79 Å². The zero-order valence-corrected chi connectivity index (χ0v) is 8.93. The number of hydrogen-bond donors (Lipinski definition) is 2. The van der Waals surface area contributed by atoms with E-state index in [2.05, 4.69) is 5.32 Å². The summed E-state index contributed by atoms with van der Waals surface area (Å²) in [6, 6.07) is 6.14. The van der Waals surface area contributed by atoms with Crippen molar-refractivity contribution in [1.82, 2.24) is 5.32 Å². The summed E-state index contributed by atoms with van der Waals surface area (Å²) in [4.78, 5) is 24.5. The minimum absolute atomic E-state index is 0.106. The van der Waals surface area contributed by atoms with Crippen LogP contribution in [0.1, 0.15) is 13.3 Å². The summed E-state index contributed by atoms with van der Waals surface area (Å²) >= 11 is 0. The smallest absolute Gasteiger partial charge is 0.328 e. The number of amides is 3. The van der Waals surface area contributed by atoms with E-state index < -0.39 is 0 Å². The van der Waals surface area contributed by atoms with Crippen molar-refractivity contribution in [2.45, 2.75) is 19.4 Å². The van der Waals surface area contributed by atoms with Gasteiger partial charge in [0, 0.05) is 18.2 Å². The van der Waals surface area contributed by atoms with Gasteiger partial charge in [-0.2, -0.15) is 0 Å². The van der Waals surface area contributed by atoms with E-state index in [-0.39, 0.29) is 18.0 Å². The molecule has 0 aromatic heterocycles. The highest BCUT2D eigenvalue weighted by atomic mass is 16.2. The molecule has 1 atom stereocenters. The summed E-state index contributed by atoms with van der Waals surface area (Å²) in [5.74, 6) is -0.193. The molecule has 1 aromatic rings. The molecule has 1 aromatic carbocycles. The molecular weight excluding hydrogens is 206 g/mol. The highest BCUT2D eigenvalue weighted by Crippen LogP contribution is 2.20. The number of benzene rings is 1. The van der Waals surface area contributed by atoms with Gasteiger partial charge in [0.2, 0.25) is 5.91 Å². The van der Waals surface area contributed by atoms with Crippen LogP contribution in [0.4, 0.5) is 16.2 Å². The molecule has 0 spiro atoms. The fourth-order valence-electron chi connectivity index (χ4n) is 1.68. The normalized spacial score (nSPS) is 20.8. The van der Waals surface area contributed by atoms with Crippen molar-refractivity contribution >= 4 is 23.3 Å². The van der Waals surface area contributed by atoms with E-state index in [1.165, 1.54) is 0 Å². The largest absolute Gasteiger partial charge is 0.399 e. The van der Waals surface area contributed by atoms with Gasteiger partial charge >= 0.3 is 6.03 Å². The fourth-order valence-corrected chi connectivity index (χ4v) is 1.68. The van der Waals surface area contributed by atoms with Gasteiger partial charge in [-0.1, -0.05) is 0 Å². The molecule has 1 aliphatic heterocycles. The maximum atomic E-state index is 11.7. The summed E-state index contributed by atoms with van der Waals surface area (Å²) < 4.78 is 0. The monoisotopic (exact) mass is 219 g/mol. The van der Waals surface area contributed by atoms with E-state index in [0.717, 1.165) is 4.90 Å². The zero-order chi connectivity index (χ0) is 11.7. The van der Waals surface area contributed by atoms with E-state index >= 15 is 0 Å². The van der Waals surface area contributed by atoms with Crippen molar-refractivity contribution in [3.05, 3.63) is 24.3 Å². The number of carbonyl (C=O) groups is 2. The Morgan fingerprint density at radius 2 is 1.94 bits per heavy atom. The van der Waals surface area contributed by atoms with E-state index in [1.54, 1.807) is 31.2 Å². The molecule has 1 saturated heterocycles. The minimum Gasteiger partial charge on any atom is -0.399 e. The van der Waals surface area contributed by atoms with E-state index in [4.69, 9.17) is 5.73 Å². The molecule has 1 heterocycles. The Kier molecular flexibility index (Phi) is 2.52. The Morgan fingerprint density at radius 3 is 2.50 bits per heavy atom. The first-order valence-corrected chi connectivity index (χ1v) is 5.07. The molecule has 5 nitrogen and oxygen atoms in total. The van der Waals surface area contributed by atoms with Gasteiger partial charge in [0.15, 0.2) is 0 Å². The molecule has 0 bridgehead atoms. The number of nitrogens with two attached hydrogens (primary N) is 1. The number of nitrogen functional groups attached to an aromatic ring is 1. The zero-order valence-electron chi connectivity index (χ0n) is 8.93. The number of carbonyl (C=O) groups excluding carboxylic acids is 2.